The number of aliphatic hydroxyl groups excluding tert-OH is 1. The molecule has 5 nitrogen and oxygen atoms in total. The minimum Gasteiger partial charge on any atom is -0.489 e. The van der Waals surface area contributed by atoms with Crippen LogP contribution in [0.4, 0.5) is 13.2 Å². The summed E-state index contributed by atoms with van der Waals surface area (Å²) in [7, 11) is 0. The van der Waals surface area contributed by atoms with Gasteiger partial charge < -0.3 is 14.7 Å². The molecule has 0 spiro atoms. The minimum absolute atomic E-state index is 0.000643. The Morgan fingerprint density at radius 2 is 1.81 bits per heavy atom. The van der Waals surface area contributed by atoms with Crippen LogP contribution in [0, 0.1) is 34.0 Å². The summed E-state index contributed by atoms with van der Waals surface area (Å²) < 4.78 is 46.5. The fourth-order valence-corrected chi connectivity index (χ4v) is 5.91. The highest BCUT2D eigenvalue weighted by molar-refractivity contribution is 5.95. The van der Waals surface area contributed by atoms with Crippen LogP contribution in [0.5, 0.6) is 5.75 Å². The zero-order valence-electron chi connectivity index (χ0n) is 21.6. The summed E-state index contributed by atoms with van der Waals surface area (Å²) in [6.45, 7) is 9.18. The van der Waals surface area contributed by atoms with Gasteiger partial charge in [-0.15, -0.1) is 5.92 Å². The molecule has 0 bridgehead atoms. The highest BCUT2D eigenvalue weighted by atomic mass is 19.4. The number of hydrogen-bond acceptors (Lipinski definition) is 4. The Labute approximate surface area is 215 Å². The molecule has 0 aliphatic heterocycles. The molecule has 0 aromatic heterocycles. The van der Waals surface area contributed by atoms with Crippen LogP contribution >= 0.6 is 0 Å². The molecule has 1 aliphatic carbocycles. The van der Waals surface area contributed by atoms with Crippen molar-refractivity contribution in [2.24, 2.45) is 10.8 Å². The summed E-state index contributed by atoms with van der Waals surface area (Å²) >= 11 is 0. The van der Waals surface area contributed by atoms with Gasteiger partial charge >= 0.3 is 6.18 Å². The third-order valence-electron chi connectivity index (χ3n) is 6.99. The fraction of sp³-hybridized carbons (Fsp3) is 0.448. The normalized spacial score (nSPS) is 19.6. The molecule has 8 heteroatoms. The topological polar surface area (TPSA) is 73.6 Å². The largest absolute Gasteiger partial charge is 0.489 e. The van der Waals surface area contributed by atoms with E-state index in [-0.39, 0.29) is 30.9 Å². The SMILES string of the molecule is CC#CCc1cccc(C(=O)N(CCO)C2C(C)(C)C(Oc3ccc(C#N)c(C(F)(F)F)c3)C2(C)C)c1. The first-order chi connectivity index (χ1) is 17.3. The smallest absolute Gasteiger partial charge is 0.417 e. The lowest BCUT2D eigenvalue weighted by Gasteiger charge is -2.65. The minimum atomic E-state index is -4.70. The van der Waals surface area contributed by atoms with Gasteiger partial charge in [0.15, 0.2) is 0 Å². The van der Waals surface area contributed by atoms with Crippen molar-refractivity contribution < 1.29 is 27.8 Å². The van der Waals surface area contributed by atoms with Gasteiger partial charge in [0.1, 0.15) is 11.9 Å². The Morgan fingerprint density at radius 1 is 1.14 bits per heavy atom. The Morgan fingerprint density at radius 3 is 2.38 bits per heavy atom. The predicted molar refractivity (Wildman–Crippen MR) is 134 cm³/mol. The second kappa shape index (κ2) is 10.5. The van der Waals surface area contributed by atoms with Crippen LogP contribution in [0.15, 0.2) is 42.5 Å². The molecule has 37 heavy (non-hydrogen) atoms. The second-order valence-electron chi connectivity index (χ2n) is 10.4. The molecular weight excluding hydrogens is 481 g/mol. The van der Waals surface area contributed by atoms with Crippen LogP contribution < -0.4 is 4.74 Å². The van der Waals surface area contributed by atoms with Gasteiger partial charge in [0.25, 0.3) is 5.91 Å². The molecule has 2 aromatic carbocycles. The van der Waals surface area contributed by atoms with Crippen LogP contribution in [0.2, 0.25) is 0 Å². The van der Waals surface area contributed by atoms with E-state index < -0.39 is 34.2 Å². The molecular formula is C29H31F3N2O3. The average Bonchev–Trinajstić information content (AvgIpc) is 2.84. The van der Waals surface area contributed by atoms with Crippen molar-refractivity contribution in [1.82, 2.24) is 4.90 Å². The molecule has 2 aromatic rings. The van der Waals surface area contributed by atoms with Gasteiger partial charge in [0.2, 0.25) is 0 Å². The van der Waals surface area contributed by atoms with E-state index >= 15 is 0 Å². The molecule has 1 fully saturated rings. The summed E-state index contributed by atoms with van der Waals surface area (Å²) in [5, 5.41) is 18.9. The van der Waals surface area contributed by atoms with Crippen LogP contribution in [0.1, 0.15) is 61.7 Å². The molecule has 1 saturated carbocycles. The Hall–Kier alpha value is -3.49. The number of benzene rings is 2. The predicted octanol–water partition coefficient (Wildman–Crippen LogP) is 5.46. The van der Waals surface area contributed by atoms with Crippen molar-refractivity contribution >= 4 is 5.91 Å². The van der Waals surface area contributed by atoms with Crippen LogP contribution in [-0.2, 0) is 12.6 Å². The number of ether oxygens (including phenoxy) is 1. The van der Waals surface area contributed by atoms with Crippen molar-refractivity contribution in [3.8, 4) is 23.7 Å². The number of halogens is 3. The van der Waals surface area contributed by atoms with Gasteiger partial charge in [-0.1, -0.05) is 45.7 Å². The second-order valence-corrected chi connectivity index (χ2v) is 10.4. The number of nitrogens with zero attached hydrogens (tertiary/aromatic N) is 2. The molecule has 0 saturated heterocycles. The Balaban J connectivity index is 1.92. The quantitative estimate of drug-likeness (QED) is 0.500. The van der Waals surface area contributed by atoms with Gasteiger partial charge in [0.05, 0.1) is 23.8 Å². The monoisotopic (exact) mass is 512 g/mol. The summed E-state index contributed by atoms with van der Waals surface area (Å²) in [6, 6.07) is 11.7. The molecule has 1 aliphatic rings. The number of nitriles is 1. The Bertz CT molecular complexity index is 1250. The molecule has 1 amide bonds. The summed E-state index contributed by atoms with van der Waals surface area (Å²) in [6.07, 6.45) is -4.73. The fourth-order valence-electron chi connectivity index (χ4n) is 5.91. The van der Waals surface area contributed by atoms with Gasteiger partial charge in [-0.2, -0.15) is 18.4 Å². The lowest BCUT2D eigenvalue weighted by molar-refractivity contribution is -0.200. The Kier molecular flexibility index (Phi) is 7.95. The summed E-state index contributed by atoms with van der Waals surface area (Å²) in [5.74, 6) is 5.58. The summed E-state index contributed by atoms with van der Waals surface area (Å²) in [5.41, 5.74) is -1.47. The van der Waals surface area contributed by atoms with Gasteiger partial charge in [-0.05, 0) is 42.8 Å². The van der Waals surface area contributed by atoms with Crippen molar-refractivity contribution in [2.45, 2.75) is 59.4 Å². The third-order valence-corrected chi connectivity index (χ3v) is 6.99. The number of carbonyl (C=O) groups excluding carboxylic acids is 1. The third kappa shape index (κ3) is 5.45. The van der Waals surface area contributed by atoms with E-state index in [0.717, 1.165) is 17.7 Å². The van der Waals surface area contributed by atoms with E-state index in [1.54, 1.807) is 36.1 Å². The number of carbonyl (C=O) groups is 1. The van der Waals surface area contributed by atoms with E-state index in [0.29, 0.717) is 12.0 Å². The molecule has 0 atom stereocenters. The summed E-state index contributed by atoms with van der Waals surface area (Å²) in [4.78, 5) is 15.3. The van der Waals surface area contributed by atoms with Gasteiger partial charge in [0, 0.05) is 35.4 Å². The molecule has 196 valence electrons. The number of alkyl halides is 3. The van der Waals surface area contributed by atoms with Crippen LogP contribution in [-0.4, -0.2) is 41.2 Å². The highest BCUT2D eigenvalue weighted by Crippen LogP contribution is 2.58. The first-order valence-corrected chi connectivity index (χ1v) is 12.0. The van der Waals surface area contributed by atoms with E-state index in [1.807, 2.05) is 33.8 Å². The molecule has 3 rings (SSSR count). The maximum Gasteiger partial charge on any atom is 0.417 e. The van der Waals surface area contributed by atoms with Crippen LogP contribution in [0.3, 0.4) is 0 Å². The molecule has 0 heterocycles. The van der Waals surface area contributed by atoms with E-state index in [4.69, 9.17) is 10.00 Å². The number of hydrogen-bond donors (Lipinski definition) is 1. The van der Waals surface area contributed by atoms with Crippen LogP contribution in [0.25, 0.3) is 0 Å². The molecule has 0 radical (unpaired) electrons. The lowest BCUT2D eigenvalue weighted by atomic mass is 9.48. The van der Waals surface area contributed by atoms with E-state index in [9.17, 15) is 23.1 Å². The van der Waals surface area contributed by atoms with Crippen molar-refractivity contribution in [1.29, 1.82) is 5.26 Å². The van der Waals surface area contributed by atoms with E-state index in [2.05, 4.69) is 11.8 Å². The zero-order chi connectivity index (χ0) is 27.6. The molecule has 1 N–H and O–H groups in total. The maximum absolute atomic E-state index is 13.6. The highest BCUT2D eigenvalue weighted by Gasteiger charge is 2.66. The average molecular weight is 513 g/mol. The lowest BCUT2D eigenvalue weighted by Crippen LogP contribution is -2.75. The van der Waals surface area contributed by atoms with Crippen molar-refractivity contribution in [3.63, 3.8) is 0 Å². The zero-order valence-corrected chi connectivity index (χ0v) is 21.6. The van der Waals surface area contributed by atoms with Gasteiger partial charge in [-0.25, -0.2) is 0 Å². The van der Waals surface area contributed by atoms with Crippen molar-refractivity contribution in [2.75, 3.05) is 13.2 Å². The molecule has 0 unspecified atom stereocenters. The first-order valence-electron chi connectivity index (χ1n) is 12.0. The standard InChI is InChI=1S/C29H31F3N2O3/c1-6-7-9-19-10-8-11-20(16-19)24(36)34(14-15-35)25-27(2,3)26(28(25,4)5)37-22-13-12-21(18-33)23(17-22)29(30,31)32/h8,10-13,16-17,25-26,35H,9,14-15H2,1-5H3. The maximum atomic E-state index is 13.6. The number of rotatable bonds is 7. The first kappa shape index (κ1) is 28.1. The van der Waals surface area contributed by atoms with Gasteiger partial charge in [-0.3, -0.25) is 4.79 Å². The number of aliphatic hydroxyl groups is 1. The van der Waals surface area contributed by atoms with E-state index in [1.165, 1.54) is 6.07 Å². The van der Waals surface area contributed by atoms with Crippen molar-refractivity contribution in [3.05, 3.63) is 64.7 Å². The number of amides is 1.